The van der Waals surface area contributed by atoms with E-state index in [0.29, 0.717) is 35.0 Å². The van der Waals surface area contributed by atoms with Gasteiger partial charge < -0.3 is 25.0 Å². The van der Waals surface area contributed by atoms with Crippen LogP contribution in [0.2, 0.25) is 0 Å². The minimum absolute atomic E-state index is 0.0807. The Kier molecular flexibility index (Phi) is 7.23. The number of phenolic OH excluding ortho intramolecular Hbond substituents is 1. The van der Waals surface area contributed by atoms with Crippen molar-refractivity contribution in [2.45, 2.75) is 32.3 Å². The van der Waals surface area contributed by atoms with Crippen LogP contribution in [0.4, 0.5) is 21.3 Å². The first-order chi connectivity index (χ1) is 20.5. The van der Waals surface area contributed by atoms with Crippen LogP contribution in [0, 0.1) is 0 Å². The van der Waals surface area contributed by atoms with Crippen molar-refractivity contribution in [1.29, 1.82) is 0 Å². The van der Waals surface area contributed by atoms with E-state index < -0.39 is 17.6 Å². The maximum atomic E-state index is 13.7. The molecular formula is C31H28ClN5O5S. The maximum absolute atomic E-state index is 13.7. The summed E-state index contributed by atoms with van der Waals surface area (Å²) in [6.45, 7) is 5.65. The molecule has 10 nitrogen and oxygen atoms in total. The Balaban J connectivity index is 1.20. The topological polar surface area (TPSA) is 137 Å². The number of phenols is 1. The molecule has 5 aromatic rings. The fraction of sp³-hybridized carbons (Fsp3) is 0.226. The standard InChI is InChI=1S/C31H28ClN5O5S/c1-31(2,3)42-30(41)36-29-35-23(15-43-29)27(39)33-18-8-9-21-16(10-18)11-22(34-21)28(40)37-14-17(13-32)26-20-7-5-4-6-19(20)25(38)12-24(26)37/h4-12,15,17,34,38H,13-14H2,1-3H3,(H,33,39)(H,35,36,41)/t17-/m1/s1. The summed E-state index contributed by atoms with van der Waals surface area (Å²) in [5.74, 6) is -0.348. The lowest BCUT2D eigenvalue weighted by atomic mass is 9.95. The number of ether oxygens (including phenoxy) is 1. The van der Waals surface area contributed by atoms with Gasteiger partial charge in [-0.3, -0.25) is 14.9 Å². The summed E-state index contributed by atoms with van der Waals surface area (Å²) in [6.07, 6.45) is -0.655. The number of H-pyrrole nitrogens is 1. The molecule has 0 fully saturated rings. The molecule has 4 N–H and O–H groups in total. The van der Waals surface area contributed by atoms with Gasteiger partial charge in [-0.15, -0.1) is 22.9 Å². The van der Waals surface area contributed by atoms with E-state index in [-0.39, 0.29) is 28.4 Å². The van der Waals surface area contributed by atoms with E-state index in [1.807, 2.05) is 24.3 Å². The first-order valence-electron chi connectivity index (χ1n) is 13.5. The van der Waals surface area contributed by atoms with Crippen molar-refractivity contribution >= 4 is 79.0 Å². The molecule has 0 spiro atoms. The Morgan fingerprint density at radius 1 is 1.12 bits per heavy atom. The zero-order chi connectivity index (χ0) is 30.5. The minimum Gasteiger partial charge on any atom is -0.507 e. The molecule has 220 valence electrons. The maximum Gasteiger partial charge on any atom is 0.413 e. The van der Waals surface area contributed by atoms with Crippen LogP contribution in [0.25, 0.3) is 21.7 Å². The fourth-order valence-electron chi connectivity index (χ4n) is 5.24. The van der Waals surface area contributed by atoms with E-state index in [2.05, 4.69) is 20.6 Å². The summed E-state index contributed by atoms with van der Waals surface area (Å²) in [5.41, 5.74) is 2.66. The highest BCUT2D eigenvalue weighted by Gasteiger charge is 2.35. The lowest BCUT2D eigenvalue weighted by molar-refractivity contribution is 0.0635. The average molecular weight is 618 g/mol. The quantitative estimate of drug-likeness (QED) is 0.156. The number of anilines is 3. The Labute approximate surface area is 255 Å². The van der Waals surface area contributed by atoms with Crippen LogP contribution in [0.5, 0.6) is 5.75 Å². The smallest absolute Gasteiger partial charge is 0.413 e. The number of nitrogens with one attached hydrogen (secondary N) is 3. The average Bonchev–Trinajstić information content (AvgIpc) is 3.68. The molecule has 0 saturated heterocycles. The predicted octanol–water partition coefficient (Wildman–Crippen LogP) is 7.07. The molecule has 1 aliphatic heterocycles. The largest absolute Gasteiger partial charge is 0.507 e. The predicted molar refractivity (Wildman–Crippen MR) is 169 cm³/mol. The van der Waals surface area contributed by atoms with Crippen molar-refractivity contribution < 1.29 is 24.2 Å². The second kappa shape index (κ2) is 10.9. The van der Waals surface area contributed by atoms with Gasteiger partial charge in [-0.1, -0.05) is 24.3 Å². The van der Waals surface area contributed by atoms with Crippen molar-refractivity contribution in [2.24, 2.45) is 0 Å². The molecule has 0 saturated carbocycles. The van der Waals surface area contributed by atoms with Crippen molar-refractivity contribution in [3.05, 3.63) is 76.9 Å². The fourth-order valence-corrected chi connectivity index (χ4v) is 6.17. The first-order valence-corrected chi connectivity index (χ1v) is 14.9. The molecule has 3 amide bonds. The molecule has 3 aromatic carbocycles. The highest BCUT2D eigenvalue weighted by Crippen LogP contribution is 2.45. The third-order valence-electron chi connectivity index (χ3n) is 7.03. The van der Waals surface area contributed by atoms with Crippen LogP contribution < -0.4 is 15.5 Å². The van der Waals surface area contributed by atoms with E-state index in [0.717, 1.165) is 33.1 Å². The lowest BCUT2D eigenvalue weighted by Crippen LogP contribution is -2.30. The molecule has 6 rings (SSSR count). The molecule has 2 aromatic heterocycles. The molecule has 0 radical (unpaired) electrons. The van der Waals surface area contributed by atoms with E-state index in [4.69, 9.17) is 16.3 Å². The van der Waals surface area contributed by atoms with Gasteiger partial charge in [-0.2, -0.15) is 0 Å². The molecule has 0 bridgehead atoms. The summed E-state index contributed by atoms with van der Waals surface area (Å²) < 4.78 is 5.22. The number of halogens is 1. The molecule has 1 atom stereocenters. The third-order valence-corrected chi connectivity index (χ3v) is 8.16. The number of aromatic nitrogens is 2. The lowest BCUT2D eigenvalue weighted by Gasteiger charge is -2.18. The number of benzene rings is 3. The second-order valence-electron chi connectivity index (χ2n) is 11.2. The summed E-state index contributed by atoms with van der Waals surface area (Å²) in [7, 11) is 0. The van der Waals surface area contributed by atoms with E-state index in [1.54, 1.807) is 56.0 Å². The van der Waals surface area contributed by atoms with E-state index in [9.17, 15) is 19.5 Å². The number of hydrogen-bond donors (Lipinski definition) is 4. The molecule has 12 heteroatoms. The first kappa shape index (κ1) is 28.5. The zero-order valence-electron chi connectivity index (χ0n) is 23.5. The number of carbonyl (C=O) groups is 3. The van der Waals surface area contributed by atoms with Gasteiger partial charge in [0.25, 0.3) is 11.8 Å². The molecule has 1 aliphatic rings. The number of carbonyl (C=O) groups excluding carboxylic acids is 3. The third kappa shape index (κ3) is 5.61. The van der Waals surface area contributed by atoms with Gasteiger partial charge in [0.1, 0.15) is 22.7 Å². The number of nitrogens with zero attached hydrogens (tertiary/aromatic N) is 2. The molecular weight excluding hydrogens is 590 g/mol. The number of aromatic amines is 1. The molecule has 0 unspecified atom stereocenters. The van der Waals surface area contributed by atoms with Crippen LogP contribution in [0.1, 0.15) is 53.2 Å². The number of fused-ring (bicyclic) bond motifs is 4. The number of rotatable bonds is 5. The van der Waals surface area contributed by atoms with E-state index >= 15 is 0 Å². The molecule has 0 aliphatic carbocycles. The number of aromatic hydroxyl groups is 1. The van der Waals surface area contributed by atoms with Crippen LogP contribution >= 0.6 is 22.9 Å². The Hall–Kier alpha value is -4.61. The van der Waals surface area contributed by atoms with Crippen LogP contribution in [0.3, 0.4) is 0 Å². The Morgan fingerprint density at radius 3 is 2.63 bits per heavy atom. The zero-order valence-corrected chi connectivity index (χ0v) is 25.1. The molecule has 3 heterocycles. The SMILES string of the molecule is CC(C)(C)OC(=O)Nc1nc(C(=O)Nc2ccc3[nH]c(C(=O)N4C[C@@H](CCl)c5c4cc(O)c4ccccc54)cc3c2)cs1. The minimum atomic E-state index is -0.660. The number of alkyl halides is 1. The summed E-state index contributed by atoms with van der Waals surface area (Å²) in [4.78, 5) is 47.6. The number of amides is 3. The summed E-state index contributed by atoms with van der Waals surface area (Å²) in [6, 6.07) is 16.2. The van der Waals surface area contributed by atoms with Gasteiger partial charge in [-0.25, -0.2) is 9.78 Å². The van der Waals surface area contributed by atoms with Gasteiger partial charge in [0.2, 0.25) is 0 Å². The van der Waals surface area contributed by atoms with E-state index in [1.165, 1.54) is 5.38 Å². The highest BCUT2D eigenvalue weighted by molar-refractivity contribution is 7.14. The summed E-state index contributed by atoms with van der Waals surface area (Å²) in [5, 5.41) is 20.1. The van der Waals surface area contributed by atoms with Gasteiger partial charge in [0.05, 0.1) is 5.69 Å². The van der Waals surface area contributed by atoms with Crippen LogP contribution in [0.15, 0.2) is 60.0 Å². The van der Waals surface area contributed by atoms with Crippen LogP contribution in [-0.4, -0.2) is 51.0 Å². The van der Waals surface area contributed by atoms with Crippen molar-refractivity contribution in [2.75, 3.05) is 28.0 Å². The van der Waals surface area contributed by atoms with Gasteiger partial charge >= 0.3 is 6.09 Å². The second-order valence-corrected chi connectivity index (χ2v) is 12.4. The van der Waals surface area contributed by atoms with Crippen LogP contribution in [-0.2, 0) is 4.74 Å². The van der Waals surface area contributed by atoms with Crippen molar-refractivity contribution in [3.63, 3.8) is 0 Å². The van der Waals surface area contributed by atoms with Gasteiger partial charge in [0, 0.05) is 51.8 Å². The normalized spacial score (nSPS) is 14.6. The van der Waals surface area contributed by atoms with Crippen molar-refractivity contribution in [3.8, 4) is 5.75 Å². The van der Waals surface area contributed by atoms with Gasteiger partial charge in [0.15, 0.2) is 5.13 Å². The number of thiazole rings is 1. The highest BCUT2D eigenvalue weighted by atomic mass is 35.5. The molecule has 43 heavy (non-hydrogen) atoms. The Morgan fingerprint density at radius 2 is 1.88 bits per heavy atom. The summed E-state index contributed by atoms with van der Waals surface area (Å²) >= 11 is 7.44. The number of hydrogen-bond acceptors (Lipinski definition) is 7. The van der Waals surface area contributed by atoms with Gasteiger partial charge in [-0.05, 0) is 56.0 Å². The van der Waals surface area contributed by atoms with Crippen molar-refractivity contribution in [1.82, 2.24) is 9.97 Å². The Bertz CT molecular complexity index is 1910. The monoisotopic (exact) mass is 617 g/mol.